The fraction of sp³-hybridized carbons (Fsp3) is 0.400. The van der Waals surface area contributed by atoms with E-state index >= 15 is 0 Å². The largest absolute Gasteiger partial charge is 0.398 e. The first-order chi connectivity index (χ1) is 6.47. The van der Waals surface area contributed by atoms with Gasteiger partial charge in [-0.05, 0) is 31.0 Å². The van der Waals surface area contributed by atoms with E-state index in [1.165, 1.54) is 0 Å². The zero-order valence-corrected chi connectivity index (χ0v) is 9.26. The maximum absolute atomic E-state index is 11.7. The molecule has 0 aromatic heterocycles. The molecule has 0 heterocycles. The molecule has 4 heteroatoms. The number of benzene rings is 1. The number of nitrogens with two attached hydrogens (primary N) is 1. The molecule has 0 saturated carbocycles. The van der Waals surface area contributed by atoms with Crippen LogP contribution in [0.15, 0.2) is 23.1 Å². The summed E-state index contributed by atoms with van der Waals surface area (Å²) in [5.74, 6) is 0.153. The van der Waals surface area contributed by atoms with Crippen LogP contribution in [0.5, 0.6) is 0 Å². The first-order valence-corrected chi connectivity index (χ1v) is 6.21. The Morgan fingerprint density at radius 3 is 2.50 bits per heavy atom. The highest BCUT2D eigenvalue weighted by molar-refractivity contribution is 7.91. The number of anilines is 1. The van der Waals surface area contributed by atoms with Gasteiger partial charge in [-0.2, -0.15) is 0 Å². The number of nitrogen functional groups attached to an aromatic ring is 1. The molecule has 2 N–H and O–H groups in total. The summed E-state index contributed by atoms with van der Waals surface area (Å²) in [6.07, 6.45) is 0.607. The van der Waals surface area contributed by atoms with Gasteiger partial charge in [0.2, 0.25) is 0 Å². The van der Waals surface area contributed by atoms with Gasteiger partial charge < -0.3 is 5.73 Å². The zero-order valence-electron chi connectivity index (χ0n) is 8.45. The highest BCUT2D eigenvalue weighted by atomic mass is 32.2. The molecule has 14 heavy (non-hydrogen) atoms. The lowest BCUT2D eigenvalue weighted by atomic mass is 10.2. The molecule has 0 atom stereocenters. The van der Waals surface area contributed by atoms with E-state index in [0.717, 1.165) is 5.56 Å². The van der Waals surface area contributed by atoms with Crippen LogP contribution in [0.25, 0.3) is 0 Å². The first-order valence-electron chi connectivity index (χ1n) is 4.56. The Morgan fingerprint density at radius 2 is 2.00 bits per heavy atom. The standard InChI is InChI=1S/C10H15NO2S/c1-3-6-14(12,13)10-5-4-8(2)7-9(10)11/h4-5,7H,3,6,11H2,1-2H3. The average molecular weight is 213 g/mol. The lowest BCUT2D eigenvalue weighted by Crippen LogP contribution is -2.08. The van der Waals surface area contributed by atoms with Gasteiger partial charge in [-0.1, -0.05) is 13.0 Å². The van der Waals surface area contributed by atoms with E-state index in [1.54, 1.807) is 18.2 Å². The van der Waals surface area contributed by atoms with E-state index in [-0.39, 0.29) is 10.6 Å². The maximum Gasteiger partial charge on any atom is 0.180 e. The number of hydrogen-bond acceptors (Lipinski definition) is 3. The number of hydrogen-bond donors (Lipinski definition) is 1. The van der Waals surface area contributed by atoms with Crippen molar-refractivity contribution in [2.75, 3.05) is 11.5 Å². The SMILES string of the molecule is CCCS(=O)(=O)c1ccc(C)cc1N. The van der Waals surface area contributed by atoms with Gasteiger partial charge >= 0.3 is 0 Å². The zero-order chi connectivity index (χ0) is 10.8. The van der Waals surface area contributed by atoms with Crippen LogP contribution in [0.3, 0.4) is 0 Å². The summed E-state index contributed by atoms with van der Waals surface area (Å²) in [5.41, 5.74) is 6.97. The van der Waals surface area contributed by atoms with Crippen molar-refractivity contribution in [1.82, 2.24) is 0 Å². The van der Waals surface area contributed by atoms with Crippen LogP contribution in [0, 0.1) is 6.92 Å². The summed E-state index contributed by atoms with van der Waals surface area (Å²) in [5, 5.41) is 0. The molecule has 0 aliphatic carbocycles. The third-order valence-electron chi connectivity index (χ3n) is 1.97. The molecule has 0 spiro atoms. The van der Waals surface area contributed by atoms with E-state index in [9.17, 15) is 8.42 Å². The average Bonchev–Trinajstić information content (AvgIpc) is 2.02. The van der Waals surface area contributed by atoms with Crippen molar-refractivity contribution in [3.63, 3.8) is 0 Å². The lowest BCUT2D eigenvalue weighted by molar-refractivity contribution is 0.595. The molecule has 0 bridgehead atoms. The van der Waals surface area contributed by atoms with E-state index < -0.39 is 9.84 Å². The van der Waals surface area contributed by atoms with Crippen LogP contribution in [0.4, 0.5) is 5.69 Å². The summed E-state index contributed by atoms with van der Waals surface area (Å²) >= 11 is 0. The molecule has 78 valence electrons. The Labute approximate surface area is 84.9 Å². The summed E-state index contributed by atoms with van der Waals surface area (Å²) in [7, 11) is -3.18. The number of rotatable bonds is 3. The molecule has 0 amide bonds. The second-order valence-corrected chi connectivity index (χ2v) is 5.44. The lowest BCUT2D eigenvalue weighted by Gasteiger charge is -2.06. The second-order valence-electron chi connectivity index (χ2n) is 3.36. The quantitative estimate of drug-likeness (QED) is 0.778. The summed E-state index contributed by atoms with van der Waals surface area (Å²) < 4.78 is 23.4. The van der Waals surface area contributed by atoms with Crippen molar-refractivity contribution in [3.8, 4) is 0 Å². The third kappa shape index (κ3) is 2.26. The van der Waals surface area contributed by atoms with Gasteiger partial charge in [-0.15, -0.1) is 0 Å². The monoisotopic (exact) mass is 213 g/mol. The van der Waals surface area contributed by atoms with E-state index in [4.69, 9.17) is 5.73 Å². The molecule has 0 fully saturated rings. The highest BCUT2D eigenvalue weighted by Gasteiger charge is 2.15. The summed E-state index contributed by atoms with van der Waals surface area (Å²) in [4.78, 5) is 0.255. The van der Waals surface area contributed by atoms with Gasteiger partial charge in [-0.25, -0.2) is 8.42 Å². The Kier molecular flexibility index (Phi) is 3.16. The molecular formula is C10H15NO2S. The molecular weight excluding hydrogens is 198 g/mol. The minimum absolute atomic E-state index is 0.153. The van der Waals surface area contributed by atoms with Gasteiger partial charge in [0.05, 0.1) is 16.3 Å². The smallest absolute Gasteiger partial charge is 0.180 e. The summed E-state index contributed by atoms with van der Waals surface area (Å²) in [6.45, 7) is 3.72. The Morgan fingerprint density at radius 1 is 1.36 bits per heavy atom. The van der Waals surface area contributed by atoms with Gasteiger partial charge in [-0.3, -0.25) is 0 Å². The van der Waals surface area contributed by atoms with Gasteiger partial charge in [0.25, 0.3) is 0 Å². The van der Waals surface area contributed by atoms with Gasteiger partial charge in [0.1, 0.15) is 0 Å². The van der Waals surface area contributed by atoms with Crippen molar-refractivity contribution in [2.24, 2.45) is 0 Å². The van der Waals surface area contributed by atoms with Crippen molar-refractivity contribution in [2.45, 2.75) is 25.2 Å². The van der Waals surface area contributed by atoms with Crippen molar-refractivity contribution in [3.05, 3.63) is 23.8 Å². The summed E-state index contributed by atoms with van der Waals surface area (Å²) in [6, 6.07) is 5.02. The van der Waals surface area contributed by atoms with E-state index in [2.05, 4.69) is 0 Å². The molecule has 3 nitrogen and oxygen atoms in total. The fourth-order valence-corrected chi connectivity index (χ4v) is 2.78. The molecule has 0 radical (unpaired) electrons. The van der Waals surface area contributed by atoms with Crippen molar-refractivity contribution < 1.29 is 8.42 Å². The van der Waals surface area contributed by atoms with E-state index in [0.29, 0.717) is 12.1 Å². The first kappa shape index (κ1) is 11.0. The molecule has 0 unspecified atom stereocenters. The van der Waals surface area contributed by atoms with Crippen LogP contribution in [-0.4, -0.2) is 14.2 Å². The van der Waals surface area contributed by atoms with Crippen LogP contribution in [-0.2, 0) is 9.84 Å². The van der Waals surface area contributed by atoms with Gasteiger partial charge in [0.15, 0.2) is 9.84 Å². The predicted octanol–water partition coefficient (Wildman–Crippen LogP) is 1.76. The Balaban J connectivity index is 3.20. The minimum atomic E-state index is -3.18. The molecule has 0 aliphatic rings. The Bertz CT molecular complexity index is 424. The molecule has 1 aromatic carbocycles. The van der Waals surface area contributed by atoms with Crippen molar-refractivity contribution >= 4 is 15.5 Å². The van der Waals surface area contributed by atoms with Crippen LogP contribution in [0.1, 0.15) is 18.9 Å². The predicted molar refractivity (Wildman–Crippen MR) is 57.9 cm³/mol. The fourth-order valence-electron chi connectivity index (χ4n) is 1.33. The van der Waals surface area contributed by atoms with Crippen LogP contribution in [0.2, 0.25) is 0 Å². The van der Waals surface area contributed by atoms with Gasteiger partial charge in [0, 0.05) is 0 Å². The van der Waals surface area contributed by atoms with Crippen LogP contribution >= 0.6 is 0 Å². The molecule has 1 rings (SSSR count). The van der Waals surface area contributed by atoms with Crippen LogP contribution < -0.4 is 5.73 Å². The van der Waals surface area contributed by atoms with E-state index in [1.807, 2.05) is 13.8 Å². The molecule has 0 saturated heterocycles. The minimum Gasteiger partial charge on any atom is -0.398 e. The number of aryl methyl sites for hydroxylation is 1. The van der Waals surface area contributed by atoms with Crippen molar-refractivity contribution in [1.29, 1.82) is 0 Å². The maximum atomic E-state index is 11.7. The third-order valence-corrected chi connectivity index (χ3v) is 3.96. The Hall–Kier alpha value is -1.03. The normalized spacial score (nSPS) is 11.6. The molecule has 1 aromatic rings. The highest BCUT2D eigenvalue weighted by Crippen LogP contribution is 2.21. The second kappa shape index (κ2) is 4.00. The molecule has 0 aliphatic heterocycles. The topological polar surface area (TPSA) is 60.2 Å². The number of sulfone groups is 1.